The molecule has 0 aliphatic heterocycles. The largest absolute Gasteiger partial charge is 0.462 e. The summed E-state index contributed by atoms with van der Waals surface area (Å²) >= 11 is 0. The zero-order valence-electron chi connectivity index (χ0n) is 34.8. The molecule has 0 radical (unpaired) electrons. The van der Waals surface area contributed by atoms with Gasteiger partial charge in [0.2, 0.25) is 5.91 Å². The summed E-state index contributed by atoms with van der Waals surface area (Å²) in [6.07, 6.45) is 52.1. The molecule has 0 heterocycles. The minimum atomic E-state index is -0.802. The average molecular weight is 752 g/mol. The molecule has 3 unspecified atom stereocenters. The highest BCUT2D eigenvalue weighted by atomic mass is 16.5. The van der Waals surface area contributed by atoms with Crippen LogP contribution in [0.15, 0.2) is 85.1 Å². The molecule has 0 fully saturated rings. The standard InChI is InChI=1S/C48H81NO5/c1-4-7-10-13-16-19-21-23-25-28-30-33-36-39-44(54-48(53)41-38-35-32-29-26-24-22-20-17-14-11-8-5-2)42-47(52)49-45(43-50)46(51)40-37-34-31-27-18-15-12-9-6-3/h7-8,10-11,13-14,16-17,19-22,24,26,44-46,50-51H,4-6,9,12,15,18,23,25,27-43H2,1-3H3,(H,49,52)/b10-7+,11-8+,16-13+,17-14+,21-19+,22-20-,26-24-. The van der Waals surface area contributed by atoms with E-state index >= 15 is 0 Å². The Morgan fingerprint density at radius 2 is 1.00 bits per heavy atom. The number of allylic oxidation sites excluding steroid dienone is 14. The van der Waals surface area contributed by atoms with Crippen molar-refractivity contribution in [3.8, 4) is 0 Å². The lowest BCUT2D eigenvalue weighted by Crippen LogP contribution is -2.46. The third-order valence-corrected chi connectivity index (χ3v) is 9.38. The number of hydrogen-bond acceptors (Lipinski definition) is 5. The number of aliphatic hydroxyl groups is 2. The van der Waals surface area contributed by atoms with E-state index in [9.17, 15) is 19.8 Å². The number of rotatable bonds is 37. The molecule has 1 amide bonds. The summed E-state index contributed by atoms with van der Waals surface area (Å²) in [4.78, 5) is 25.9. The summed E-state index contributed by atoms with van der Waals surface area (Å²) in [6.45, 7) is 6.15. The van der Waals surface area contributed by atoms with Crippen LogP contribution in [0, 0.1) is 0 Å². The highest BCUT2D eigenvalue weighted by Crippen LogP contribution is 2.17. The first kappa shape index (κ1) is 51.0. The number of nitrogens with one attached hydrogen (secondary N) is 1. The Kier molecular flexibility index (Phi) is 38.9. The predicted octanol–water partition coefficient (Wildman–Crippen LogP) is 12.4. The Labute approximate surface area is 332 Å². The lowest BCUT2D eigenvalue weighted by molar-refractivity contribution is -0.151. The fraction of sp³-hybridized carbons (Fsp3) is 0.667. The van der Waals surface area contributed by atoms with Crippen LogP contribution >= 0.6 is 0 Å². The van der Waals surface area contributed by atoms with Gasteiger partial charge in [0.1, 0.15) is 6.10 Å². The molecule has 0 spiro atoms. The van der Waals surface area contributed by atoms with Crippen LogP contribution in [0.25, 0.3) is 0 Å². The van der Waals surface area contributed by atoms with Crippen molar-refractivity contribution < 1.29 is 24.5 Å². The summed E-state index contributed by atoms with van der Waals surface area (Å²) in [5, 5.41) is 23.5. The van der Waals surface area contributed by atoms with Crippen LogP contribution < -0.4 is 5.32 Å². The Balaban J connectivity index is 4.75. The molecule has 3 N–H and O–H groups in total. The van der Waals surface area contributed by atoms with Crippen molar-refractivity contribution in [2.24, 2.45) is 0 Å². The smallest absolute Gasteiger partial charge is 0.306 e. The third-order valence-electron chi connectivity index (χ3n) is 9.38. The molecule has 0 aliphatic carbocycles. The van der Waals surface area contributed by atoms with E-state index in [2.05, 4.69) is 80.8 Å². The summed E-state index contributed by atoms with van der Waals surface area (Å²) in [5.74, 6) is -0.553. The molecule has 0 saturated heterocycles. The molecule has 0 aromatic heterocycles. The lowest BCUT2D eigenvalue weighted by Gasteiger charge is -2.24. The normalized spacial score (nSPS) is 14.2. The molecule has 0 aromatic rings. The average Bonchev–Trinajstić information content (AvgIpc) is 3.16. The number of amides is 1. The van der Waals surface area contributed by atoms with Gasteiger partial charge in [0, 0.05) is 6.42 Å². The molecular weight excluding hydrogens is 671 g/mol. The molecule has 6 heteroatoms. The van der Waals surface area contributed by atoms with Gasteiger partial charge < -0.3 is 20.3 Å². The maximum Gasteiger partial charge on any atom is 0.306 e. The lowest BCUT2D eigenvalue weighted by atomic mass is 10.0. The molecule has 0 bridgehead atoms. The Morgan fingerprint density at radius 3 is 1.52 bits per heavy atom. The zero-order valence-corrected chi connectivity index (χ0v) is 34.8. The third kappa shape index (κ3) is 36.0. The van der Waals surface area contributed by atoms with Crippen LogP contribution in [-0.4, -0.2) is 46.9 Å². The first-order valence-corrected chi connectivity index (χ1v) is 21.9. The summed E-state index contributed by atoms with van der Waals surface area (Å²) in [7, 11) is 0. The molecule has 0 aliphatic rings. The van der Waals surface area contributed by atoms with E-state index in [-0.39, 0.29) is 24.9 Å². The molecule has 6 nitrogen and oxygen atoms in total. The molecular formula is C48H81NO5. The van der Waals surface area contributed by atoms with Crippen molar-refractivity contribution in [1.29, 1.82) is 0 Å². The fourth-order valence-electron chi connectivity index (χ4n) is 6.09. The minimum Gasteiger partial charge on any atom is -0.462 e. The van der Waals surface area contributed by atoms with E-state index in [4.69, 9.17) is 4.74 Å². The number of esters is 1. The Morgan fingerprint density at radius 1 is 0.556 bits per heavy atom. The summed E-state index contributed by atoms with van der Waals surface area (Å²) in [6, 6.07) is -0.718. The molecule has 54 heavy (non-hydrogen) atoms. The van der Waals surface area contributed by atoms with Crippen molar-refractivity contribution in [3.63, 3.8) is 0 Å². The van der Waals surface area contributed by atoms with E-state index < -0.39 is 18.2 Å². The Bertz CT molecular complexity index is 1070. The first-order chi connectivity index (χ1) is 26.5. The maximum absolute atomic E-state index is 13.1. The van der Waals surface area contributed by atoms with E-state index in [1.54, 1.807) is 0 Å². The highest BCUT2D eigenvalue weighted by molar-refractivity contribution is 5.77. The van der Waals surface area contributed by atoms with E-state index in [1.807, 2.05) is 30.4 Å². The van der Waals surface area contributed by atoms with Crippen molar-refractivity contribution in [1.82, 2.24) is 5.32 Å². The van der Waals surface area contributed by atoms with Gasteiger partial charge in [-0.3, -0.25) is 9.59 Å². The molecule has 0 rings (SSSR count). The van der Waals surface area contributed by atoms with Crippen LogP contribution in [0.5, 0.6) is 0 Å². The van der Waals surface area contributed by atoms with E-state index in [1.165, 1.54) is 38.5 Å². The first-order valence-electron chi connectivity index (χ1n) is 21.9. The van der Waals surface area contributed by atoms with Gasteiger partial charge in [-0.25, -0.2) is 0 Å². The molecule has 308 valence electrons. The van der Waals surface area contributed by atoms with Crippen LogP contribution in [-0.2, 0) is 14.3 Å². The van der Waals surface area contributed by atoms with E-state index in [0.29, 0.717) is 19.3 Å². The number of carbonyl (C=O) groups is 2. The second-order valence-corrected chi connectivity index (χ2v) is 14.5. The second-order valence-electron chi connectivity index (χ2n) is 14.5. The van der Waals surface area contributed by atoms with Crippen molar-refractivity contribution in [2.45, 2.75) is 200 Å². The molecule has 0 saturated carbocycles. The Hall–Kier alpha value is -2.96. The van der Waals surface area contributed by atoms with Gasteiger partial charge in [-0.15, -0.1) is 0 Å². The number of unbranched alkanes of at least 4 members (excludes halogenated alkanes) is 16. The van der Waals surface area contributed by atoms with E-state index in [0.717, 1.165) is 96.3 Å². The predicted molar refractivity (Wildman–Crippen MR) is 231 cm³/mol. The van der Waals surface area contributed by atoms with Gasteiger partial charge >= 0.3 is 5.97 Å². The van der Waals surface area contributed by atoms with Crippen LogP contribution in [0.1, 0.15) is 181 Å². The van der Waals surface area contributed by atoms with Crippen molar-refractivity contribution in [3.05, 3.63) is 85.1 Å². The number of hydrogen-bond donors (Lipinski definition) is 3. The van der Waals surface area contributed by atoms with Crippen LogP contribution in [0.4, 0.5) is 0 Å². The monoisotopic (exact) mass is 752 g/mol. The quantitative estimate of drug-likeness (QED) is 0.0334. The van der Waals surface area contributed by atoms with Crippen LogP contribution in [0.2, 0.25) is 0 Å². The van der Waals surface area contributed by atoms with Gasteiger partial charge in [0.15, 0.2) is 0 Å². The fourth-order valence-corrected chi connectivity index (χ4v) is 6.09. The number of aliphatic hydroxyl groups excluding tert-OH is 2. The van der Waals surface area contributed by atoms with Crippen molar-refractivity contribution >= 4 is 11.9 Å². The maximum atomic E-state index is 13.1. The van der Waals surface area contributed by atoms with Crippen molar-refractivity contribution in [2.75, 3.05) is 6.61 Å². The molecule has 3 atom stereocenters. The minimum absolute atomic E-state index is 0.0428. The van der Waals surface area contributed by atoms with Gasteiger partial charge in [0.05, 0.1) is 25.2 Å². The zero-order chi connectivity index (χ0) is 39.6. The highest BCUT2D eigenvalue weighted by Gasteiger charge is 2.24. The number of ether oxygens (including phenoxy) is 1. The van der Waals surface area contributed by atoms with Gasteiger partial charge in [-0.05, 0) is 64.2 Å². The molecule has 0 aromatic carbocycles. The SMILES string of the molecule is CC/C=C/C=C/C=C\C=C/CCCCCC(=O)OC(CCCCCCC/C=C/C=C/C=C/CC)CC(=O)NC(CO)C(O)CCCCCCCCCCC. The summed E-state index contributed by atoms with van der Waals surface area (Å²) < 4.78 is 5.86. The van der Waals surface area contributed by atoms with Gasteiger partial charge in [-0.2, -0.15) is 0 Å². The second kappa shape index (κ2) is 41.2. The van der Waals surface area contributed by atoms with Gasteiger partial charge in [-0.1, -0.05) is 189 Å². The topological polar surface area (TPSA) is 95.9 Å². The van der Waals surface area contributed by atoms with Crippen LogP contribution in [0.3, 0.4) is 0 Å². The number of carbonyl (C=O) groups excluding carboxylic acids is 2. The van der Waals surface area contributed by atoms with Gasteiger partial charge in [0.25, 0.3) is 0 Å². The summed E-state index contributed by atoms with van der Waals surface area (Å²) in [5.41, 5.74) is 0.